The summed E-state index contributed by atoms with van der Waals surface area (Å²) >= 11 is 0. The van der Waals surface area contributed by atoms with Gasteiger partial charge in [-0.1, -0.05) is 6.32 Å². The first kappa shape index (κ1) is 9.07. The lowest BCUT2D eigenvalue weighted by Crippen LogP contribution is -2.30. The second-order valence-corrected chi connectivity index (χ2v) is 1.55. The molecule has 0 aliphatic heterocycles. The standard InChI is InChI=1S/C3H7B3NO2/c4-1-3(8)2-7-6-9-5/h3,7-8H,1-2H2. The summed E-state index contributed by atoms with van der Waals surface area (Å²) in [5, 5.41) is 11.4. The fourth-order valence-electron chi connectivity index (χ4n) is 0.316. The van der Waals surface area contributed by atoms with Crippen molar-refractivity contribution >= 4 is 23.5 Å². The molecule has 3 nitrogen and oxygen atoms in total. The van der Waals surface area contributed by atoms with Gasteiger partial charge in [0.05, 0.1) is 14.0 Å². The minimum atomic E-state index is -0.545. The van der Waals surface area contributed by atoms with Crippen LogP contribution in [0.15, 0.2) is 0 Å². The first-order valence-corrected chi connectivity index (χ1v) is 2.60. The van der Waals surface area contributed by atoms with Crippen LogP contribution in [0.5, 0.6) is 0 Å². The van der Waals surface area contributed by atoms with Gasteiger partial charge in [0.1, 0.15) is 0 Å². The number of hydrogen-bond donors (Lipinski definition) is 2. The van der Waals surface area contributed by atoms with E-state index in [0.717, 1.165) is 0 Å². The predicted molar refractivity (Wildman–Crippen MR) is 37.2 cm³/mol. The van der Waals surface area contributed by atoms with Crippen molar-refractivity contribution in [3.8, 4) is 0 Å². The first-order chi connectivity index (χ1) is 4.31. The molecule has 0 aliphatic carbocycles. The Labute approximate surface area is 58.3 Å². The fourth-order valence-corrected chi connectivity index (χ4v) is 0.316. The minimum Gasteiger partial charge on any atom is -0.496 e. The molecule has 0 fully saturated rings. The SMILES string of the molecule is [B]CC(O)CN[B]O[B]. The predicted octanol–water partition coefficient (Wildman–Crippen LogP) is -1.84. The highest BCUT2D eigenvalue weighted by molar-refractivity contribution is 6.31. The van der Waals surface area contributed by atoms with Crippen LogP contribution in [0.2, 0.25) is 6.32 Å². The number of rotatable bonds is 5. The van der Waals surface area contributed by atoms with Gasteiger partial charge >= 0.3 is 7.62 Å². The number of nitrogens with one attached hydrogen (secondary N) is 1. The van der Waals surface area contributed by atoms with Crippen LogP contribution in [0.4, 0.5) is 0 Å². The van der Waals surface area contributed by atoms with E-state index >= 15 is 0 Å². The molecule has 0 bridgehead atoms. The van der Waals surface area contributed by atoms with E-state index in [1.807, 2.05) is 0 Å². The van der Waals surface area contributed by atoms with Crippen LogP contribution in [-0.4, -0.2) is 41.3 Å². The maximum absolute atomic E-state index is 8.78. The van der Waals surface area contributed by atoms with E-state index in [1.165, 1.54) is 7.62 Å². The van der Waals surface area contributed by atoms with Gasteiger partial charge in [0.25, 0.3) is 8.05 Å². The Morgan fingerprint density at radius 3 is 2.89 bits per heavy atom. The molecule has 0 aromatic carbocycles. The smallest absolute Gasteiger partial charge is 0.378 e. The second kappa shape index (κ2) is 6.20. The molecule has 5 radical (unpaired) electrons. The van der Waals surface area contributed by atoms with Crippen molar-refractivity contribution in [1.29, 1.82) is 0 Å². The maximum atomic E-state index is 8.78. The van der Waals surface area contributed by atoms with Crippen LogP contribution in [0.1, 0.15) is 0 Å². The molecule has 0 rings (SSSR count). The average molecular weight is 122 g/mol. The summed E-state index contributed by atoms with van der Waals surface area (Å²) in [6.07, 6.45) is -0.317. The van der Waals surface area contributed by atoms with Crippen molar-refractivity contribution in [1.82, 2.24) is 5.23 Å². The highest BCUT2D eigenvalue weighted by Gasteiger charge is 1.97. The monoisotopic (exact) mass is 122 g/mol. The molecule has 6 heteroatoms. The highest BCUT2D eigenvalue weighted by atomic mass is 16.4. The van der Waals surface area contributed by atoms with E-state index in [1.54, 1.807) is 0 Å². The zero-order valence-electron chi connectivity index (χ0n) is 5.08. The fraction of sp³-hybridized carbons (Fsp3) is 1.00. The lowest BCUT2D eigenvalue weighted by atomic mass is 9.99. The molecule has 1 atom stereocenters. The van der Waals surface area contributed by atoms with Gasteiger partial charge in [0.15, 0.2) is 0 Å². The molecule has 0 saturated heterocycles. The summed E-state index contributed by atoms with van der Waals surface area (Å²) in [6, 6.07) is 0. The largest absolute Gasteiger partial charge is 0.496 e. The zero-order chi connectivity index (χ0) is 7.11. The Hall–Kier alpha value is 0.0748. The Morgan fingerprint density at radius 2 is 2.44 bits per heavy atom. The van der Waals surface area contributed by atoms with Crippen molar-refractivity contribution in [2.45, 2.75) is 12.4 Å². The van der Waals surface area contributed by atoms with E-state index in [2.05, 4.69) is 17.8 Å². The number of aliphatic hydroxyl groups excluding tert-OH is 1. The molecule has 0 saturated carbocycles. The van der Waals surface area contributed by atoms with Crippen molar-refractivity contribution < 1.29 is 9.68 Å². The van der Waals surface area contributed by atoms with Gasteiger partial charge in [-0.05, 0) is 0 Å². The molecular formula is C3H7B3NO2. The molecule has 0 aromatic heterocycles. The Morgan fingerprint density at radius 1 is 1.78 bits per heavy atom. The first-order valence-electron chi connectivity index (χ1n) is 2.60. The van der Waals surface area contributed by atoms with Crippen LogP contribution in [0.3, 0.4) is 0 Å². The van der Waals surface area contributed by atoms with E-state index in [4.69, 9.17) is 13.0 Å². The molecule has 0 aliphatic rings. The highest BCUT2D eigenvalue weighted by Crippen LogP contribution is 1.82. The quantitative estimate of drug-likeness (QED) is 0.332. The van der Waals surface area contributed by atoms with Gasteiger partial charge in [-0.15, -0.1) is 0 Å². The third-order valence-corrected chi connectivity index (χ3v) is 0.777. The van der Waals surface area contributed by atoms with Gasteiger partial charge < -0.3 is 14.9 Å². The normalized spacial score (nSPS) is 13.0. The third-order valence-electron chi connectivity index (χ3n) is 0.777. The molecular weight excluding hydrogens is 114 g/mol. The number of hydrogen-bond acceptors (Lipinski definition) is 3. The van der Waals surface area contributed by atoms with Crippen LogP contribution in [-0.2, 0) is 4.57 Å². The summed E-state index contributed by atoms with van der Waals surface area (Å²) in [5.74, 6) is 0. The van der Waals surface area contributed by atoms with Crippen molar-refractivity contribution in [2.75, 3.05) is 6.54 Å². The Balaban J connectivity index is 2.88. The van der Waals surface area contributed by atoms with Gasteiger partial charge in [0.2, 0.25) is 0 Å². The minimum absolute atomic E-state index is 0.228. The molecule has 2 N–H and O–H groups in total. The lowest BCUT2D eigenvalue weighted by Gasteiger charge is -2.06. The van der Waals surface area contributed by atoms with Crippen molar-refractivity contribution in [3.63, 3.8) is 0 Å². The topological polar surface area (TPSA) is 41.5 Å². The summed E-state index contributed by atoms with van der Waals surface area (Å²) in [6.45, 7) is 0.355. The van der Waals surface area contributed by atoms with Crippen LogP contribution in [0.25, 0.3) is 0 Å². The molecule has 0 aromatic rings. The van der Waals surface area contributed by atoms with E-state index in [9.17, 15) is 0 Å². The summed E-state index contributed by atoms with van der Waals surface area (Å²) in [5.41, 5.74) is 0. The van der Waals surface area contributed by atoms with Gasteiger partial charge in [-0.3, -0.25) is 0 Å². The average Bonchev–Trinajstić information content (AvgIpc) is 1.89. The molecule has 1 unspecified atom stereocenters. The van der Waals surface area contributed by atoms with Gasteiger partial charge in [-0.25, -0.2) is 0 Å². The van der Waals surface area contributed by atoms with Crippen LogP contribution >= 0.6 is 0 Å². The summed E-state index contributed by atoms with van der Waals surface area (Å²) in [7, 11) is 10.9. The second-order valence-electron chi connectivity index (χ2n) is 1.55. The van der Waals surface area contributed by atoms with E-state index in [-0.39, 0.29) is 6.32 Å². The van der Waals surface area contributed by atoms with Crippen LogP contribution < -0.4 is 5.23 Å². The molecule has 0 amide bonds. The van der Waals surface area contributed by atoms with Crippen molar-refractivity contribution in [2.24, 2.45) is 0 Å². The number of aliphatic hydroxyl groups is 1. The zero-order valence-corrected chi connectivity index (χ0v) is 5.08. The third kappa shape index (κ3) is 5.95. The Kier molecular flexibility index (Phi) is 6.25. The van der Waals surface area contributed by atoms with E-state index in [0.29, 0.717) is 6.54 Å². The van der Waals surface area contributed by atoms with Gasteiger partial charge in [0, 0.05) is 6.54 Å². The summed E-state index contributed by atoms with van der Waals surface area (Å²) in [4.78, 5) is 0. The Bertz CT molecular complexity index is 65.0. The summed E-state index contributed by atoms with van der Waals surface area (Å²) < 4.78 is 4.05. The van der Waals surface area contributed by atoms with E-state index < -0.39 is 6.10 Å². The molecule has 9 heavy (non-hydrogen) atoms. The molecule has 0 spiro atoms. The van der Waals surface area contributed by atoms with Crippen LogP contribution in [0, 0.1) is 0 Å². The maximum Gasteiger partial charge on any atom is 0.378 e. The molecule has 0 heterocycles. The van der Waals surface area contributed by atoms with Gasteiger partial charge in [-0.2, -0.15) is 0 Å². The molecule has 45 valence electrons. The van der Waals surface area contributed by atoms with Crippen molar-refractivity contribution in [3.05, 3.63) is 0 Å². The lowest BCUT2D eigenvalue weighted by molar-refractivity contribution is 0.198.